The second-order valence-electron chi connectivity index (χ2n) is 7.03. The Kier molecular flexibility index (Phi) is 6.13. The number of benzene rings is 2. The van der Waals surface area contributed by atoms with Crippen LogP contribution in [0.5, 0.6) is 0 Å². The van der Waals surface area contributed by atoms with Crippen molar-refractivity contribution in [2.24, 2.45) is 5.92 Å². The van der Waals surface area contributed by atoms with Crippen LogP contribution in [0.4, 0.5) is 20.2 Å². The number of hydrogen-bond acceptors (Lipinski definition) is 5. The summed E-state index contributed by atoms with van der Waals surface area (Å²) in [7, 11) is -3.97. The number of nitro groups is 1. The van der Waals surface area contributed by atoms with E-state index in [-0.39, 0.29) is 42.2 Å². The molecule has 0 radical (unpaired) electrons. The average molecular weight is 439 g/mol. The van der Waals surface area contributed by atoms with Gasteiger partial charge in [0.2, 0.25) is 15.9 Å². The van der Waals surface area contributed by atoms with Crippen molar-refractivity contribution >= 4 is 27.3 Å². The molecule has 1 fully saturated rings. The fourth-order valence-electron chi connectivity index (χ4n) is 3.35. The van der Waals surface area contributed by atoms with Crippen molar-refractivity contribution in [3.05, 3.63) is 63.7 Å². The molecular weight excluding hydrogens is 420 g/mol. The maximum absolute atomic E-state index is 13.3. The molecule has 1 N–H and O–H groups in total. The molecule has 3 rings (SSSR count). The quantitative estimate of drug-likeness (QED) is 0.568. The minimum Gasteiger partial charge on any atom is -0.326 e. The van der Waals surface area contributed by atoms with Crippen LogP contribution in [0.15, 0.2) is 41.3 Å². The first-order valence-corrected chi connectivity index (χ1v) is 10.5. The number of non-ortho nitro benzene ring substituents is 1. The number of anilines is 1. The number of amides is 1. The fourth-order valence-corrected chi connectivity index (χ4v) is 5.06. The first kappa shape index (κ1) is 21.8. The fraction of sp³-hybridized carbons (Fsp3) is 0.316. The number of nitro benzene ring substituents is 1. The van der Waals surface area contributed by atoms with E-state index < -0.39 is 38.4 Å². The molecule has 1 aliphatic rings. The van der Waals surface area contributed by atoms with Gasteiger partial charge in [-0.2, -0.15) is 4.31 Å². The van der Waals surface area contributed by atoms with Gasteiger partial charge in [-0.15, -0.1) is 0 Å². The van der Waals surface area contributed by atoms with E-state index in [0.717, 1.165) is 18.2 Å². The van der Waals surface area contributed by atoms with Crippen molar-refractivity contribution in [3.63, 3.8) is 0 Å². The van der Waals surface area contributed by atoms with Crippen molar-refractivity contribution in [3.8, 4) is 0 Å². The van der Waals surface area contributed by atoms with Gasteiger partial charge in [-0.05, 0) is 37.5 Å². The number of sulfonamides is 1. The van der Waals surface area contributed by atoms with Crippen LogP contribution in [-0.4, -0.2) is 36.6 Å². The molecule has 2 aromatic rings. The molecule has 1 amide bonds. The third-order valence-corrected chi connectivity index (χ3v) is 7.00. The Morgan fingerprint density at radius 1 is 1.13 bits per heavy atom. The standard InChI is InChI=1S/C19H19F2N3O5S/c1-12-2-3-17(24(26)27)11-18(12)30(28,29)23-6-4-13(5-7-23)19(25)22-16-9-14(20)8-15(21)10-16/h2-3,8-11,13H,4-7H2,1H3,(H,22,25). The Morgan fingerprint density at radius 3 is 2.30 bits per heavy atom. The largest absolute Gasteiger partial charge is 0.326 e. The first-order chi connectivity index (χ1) is 14.1. The Balaban J connectivity index is 1.69. The van der Waals surface area contributed by atoms with E-state index in [1.165, 1.54) is 16.4 Å². The zero-order valence-corrected chi connectivity index (χ0v) is 16.8. The van der Waals surface area contributed by atoms with Crippen molar-refractivity contribution < 1.29 is 26.9 Å². The molecule has 0 unspecified atom stereocenters. The lowest BCUT2D eigenvalue weighted by molar-refractivity contribution is -0.385. The Labute approximate surface area is 171 Å². The second kappa shape index (κ2) is 8.44. The van der Waals surface area contributed by atoms with E-state index in [2.05, 4.69) is 5.32 Å². The molecule has 30 heavy (non-hydrogen) atoms. The van der Waals surface area contributed by atoms with E-state index in [1.54, 1.807) is 6.92 Å². The van der Waals surface area contributed by atoms with Crippen LogP contribution in [0.2, 0.25) is 0 Å². The lowest BCUT2D eigenvalue weighted by Gasteiger charge is -2.30. The number of carbonyl (C=O) groups excluding carboxylic acids is 1. The van der Waals surface area contributed by atoms with Crippen LogP contribution in [0.1, 0.15) is 18.4 Å². The summed E-state index contributed by atoms with van der Waals surface area (Å²) in [5.41, 5.74) is 0.0455. The molecule has 0 saturated carbocycles. The molecule has 1 saturated heterocycles. The number of rotatable bonds is 5. The highest BCUT2D eigenvalue weighted by Crippen LogP contribution is 2.29. The van der Waals surface area contributed by atoms with Gasteiger partial charge < -0.3 is 5.32 Å². The van der Waals surface area contributed by atoms with Crippen LogP contribution in [0, 0.1) is 34.6 Å². The highest BCUT2D eigenvalue weighted by atomic mass is 32.2. The SMILES string of the molecule is Cc1ccc([N+](=O)[O-])cc1S(=O)(=O)N1CCC(C(=O)Nc2cc(F)cc(F)c2)CC1. The molecule has 0 bridgehead atoms. The highest BCUT2D eigenvalue weighted by Gasteiger charge is 2.33. The van der Waals surface area contributed by atoms with E-state index in [0.29, 0.717) is 11.6 Å². The first-order valence-electron chi connectivity index (χ1n) is 9.10. The lowest BCUT2D eigenvalue weighted by atomic mass is 9.97. The van der Waals surface area contributed by atoms with Gasteiger partial charge in [-0.1, -0.05) is 6.07 Å². The smallest absolute Gasteiger partial charge is 0.270 e. The predicted octanol–water partition coefficient (Wildman–Crippen LogP) is 3.22. The molecular formula is C19H19F2N3O5S. The molecule has 11 heteroatoms. The van der Waals surface area contributed by atoms with Crippen molar-refractivity contribution in [2.45, 2.75) is 24.7 Å². The summed E-state index contributed by atoms with van der Waals surface area (Å²) in [4.78, 5) is 22.6. The van der Waals surface area contributed by atoms with E-state index in [9.17, 15) is 32.1 Å². The highest BCUT2D eigenvalue weighted by molar-refractivity contribution is 7.89. The van der Waals surface area contributed by atoms with Crippen molar-refractivity contribution in [1.29, 1.82) is 0 Å². The normalized spacial score (nSPS) is 15.7. The zero-order valence-electron chi connectivity index (χ0n) is 16.0. The molecule has 160 valence electrons. The summed E-state index contributed by atoms with van der Waals surface area (Å²) >= 11 is 0. The average Bonchev–Trinajstić information content (AvgIpc) is 2.67. The van der Waals surface area contributed by atoms with Crippen LogP contribution in [0.3, 0.4) is 0 Å². The Hall–Kier alpha value is -2.92. The topological polar surface area (TPSA) is 110 Å². The van der Waals surface area contributed by atoms with E-state index in [4.69, 9.17) is 0 Å². The summed E-state index contributed by atoms with van der Waals surface area (Å²) in [6, 6.07) is 6.32. The number of aryl methyl sites for hydroxylation is 1. The number of nitrogens with zero attached hydrogens (tertiary/aromatic N) is 2. The molecule has 0 aromatic heterocycles. The molecule has 0 spiro atoms. The maximum Gasteiger partial charge on any atom is 0.270 e. The van der Waals surface area contributed by atoms with Gasteiger partial charge in [-0.3, -0.25) is 14.9 Å². The van der Waals surface area contributed by atoms with E-state index in [1.807, 2.05) is 0 Å². The zero-order chi connectivity index (χ0) is 22.1. The molecule has 0 aliphatic carbocycles. The summed E-state index contributed by atoms with van der Waals surface area (Å²) in [6.45, 7) is 1.63. The summed E-state index contributed by atoms with van der Waals surface area (Å²) in [6.07, 6.45) is 0.410. The lowest BCUT2D eigenvalue weighted by Crippen LogP contribution is -2.41. The van der Waals surface area contributed by atoms with Crippen LogP contribution >= 0.6 is 0 Å². The Bertz CT molecular complexity index is 1080. The van der Waals surface area contributed by atoms with Crippen LogP contribution in [-0.2, 0) is 14.8 Å². The van der Waals surface area contributed by atoms with Gasteiger partial charge in [0.1, 0.15) is 11.6 Å². The molecule has 0 atom stereocenters. The second-order valence-corrected chi connectivity index (χ2v) is 8.94. The molecule has 2 aromatic carbocycles. The number of nitrogens with one attached hydrogen (secondary N) is 1. The van der Waals surface area contributed by atoms with Gasteiger partial charge in [0.05, 0.1) is 9.82 Å². The van der Waals surface area contributed by atoms with Crippen LogP contribution in [0.25, 0.3) is 0 Å². The number of carbonyl (C=O) groups is 1. The number of hydrogen-bond donors (Lipinski definition) is 1. The Morgan fingerprint density at radius 2 is 1.73 bits per heavy atom. The summed E-state index contributed by atoms with van der Waals surface area (Å²) in [5.74, 6) is -2.63. The third kappa shape index (κ3) is 4.62. The molecule has 8 nitrogen and oxygen atoms in total. The van der Waals surface area contributed by atoms with Crippen molar-refractivity contribution in [1.82, 2.24) is 4.31 Å². The third-order valence-electron chi connectivity index (χ3n) is 4.96. The maximum atomic E-state index is 13.3. The minimum atomic E-state index is -3.97. The van der Waals surface area contributed by atoms with Gasteiger partial charge >= 0.3 is 0 Å². The van der Waals surface area contributed by atoms with Gasteiger partial charge in [0, 0.05) is 42.9 Å². The van der Waals surface area contributed by atoms with Gasteiger partial charge in [0.15, 0.2) is 0 Å². The molecule has 1 heterocycles. The predicted molar refractivity (Wildman–Crippen MR) is 104 cm³/mol. The summed E-state index contributed by atoms with van der Waals surface area (Å²) in [5, 5.41) is 13.4. The van der Waals surface area contributed by atoms with E-state index >= 15 is 0 Å². The monoisotopic (exact) mass is 439 g/mol. The van der Waals surface area contributed by atoms with Crippen LogP contribution < -0.4 is 5.32 Å². The minimum absolute atomic E-state index is 0.0141. The van der Waals surface area contributed by atoms with Gasteiger partial charge in [0.25, 0.3) is 5.69 Å². The number of piperidine rings is 1. The number of halogens is 2. The van der Waals surface area contributed by atoms with Crippen molar-refractivity contribution in [2.75, 3.05) is 18.4 Å². The molecule has 1 aliphatic heterocycles. The summed E-state index contributed by atoms with van der Waals surface area (Å²) < 4.78 is 53.6. The van der Waals surface area contributed by atoms with Gasteiger partial charge in [-0.25, -0.2) is 17.2 Å².